The number of amides is 1. The first-order valence-electron chi connectivity index (χ1n) is 7.40. The van der Waals surface area contributed by atoms with Crippen LogP contribution in [0.3, 0.4) is 0 Å². The van der Waals surface area contributed by atoms with Gasteiger partial charge in [0.05, 0.1) is 29.4 Å². The second kappa shape index (κ2) is 8.89. The molecule has 1 atom stereocenters. The van der Waals surface area contributed by atoms with E-state index in [9.17, 15) is 4.79 Å². The molecule has 0 aliphatic heterocycles. The molecular weight excluding hydrogens is 367 g/mol. The minimum Gasteiger partial charge on any atom is -0.493 e. The number of rotatable bonds is 7. The predicted octanol–water partition coefficient (Wildman–Crippen LogP) is 4.06. The maximum absolute atomic E-state index is 12.5. The Kier molecular flexibility index (Phi) is 6.87. The standard InChI is InChI=1S/C17H18Cl2N2O4/c1-10(9-23-2)25-15-6-11(4-5-14(15)24-3)17(22)21-16-12(18)7-20-8-13(16)19/h4-8,10H,9H2,1-3H3,(H,20,21,22). The van der Waals surface area contributed by atoms with Crippen molar-refractivity contribution in [2.24, 2.45) is 0 Å². The number of carbonyl (C=O) groups excluding carboxylic acids is 1. The zero-order valence-corrected chi connectivity index (χ0v) is 15.5. The largest absolute Gasteiger partial charge is 0.493 e. The molecule has 134 valence electrons. The van der Waals surface area contributed by atoms with Gasteiger partial charge in [-0.05, 0) is 25.1 Å². The molecular formula is C17H18Cl2N2O4. The molecule has 1 aromatic carbocycles. The number of pyridine rings is 1. The number of anilines is 1. The molecule has 2 rings (SSSR count). The van der Waals surface area contributed by atoms with Crippen LogP contribution in [0.1, 0.15) is 17.3 Å². The van der Waals surface area contributed by atoms with Gasteiger partial charge in [-0.3, -0.25) is 9.78 Å². The van der Waals surface area contributed by atoms with Crippen molar-refractivity contribution in [1.29, 1.82) is 0 Å². The van der Waals surface area contributed by atoms with Crippen molar-refractivity contribution in [3.8, 4) is 11.5 Å². The van der Waals surface area contributed by atoms with E-state index in [1.807, 2.05) is 6.92 Å². The van der Waals surface area contributed by atoms with Crippen LogP contribution < -0.4 is 14.8 Å². The topological polar surface area (TPSA) is 69.7 Å². The summed E-state index contributed by atoms with van der Waals surface area (Å²) in [6.07, 6.45) is 2.59. The molecule has 1 aromatic heterocycles. The summed E-state index contributed by atoms with van der Waals surface area (Å²) in [7, 11) is 3.11. The van der Waals surface area contributed by atoms with Crippen molar-refractivity contribution >= 4 is 34.8 Å². The Morgan fingerprint density at radius 1 is 1.20 bits per heavy atom. The molecule has 1 heterocycles. The summed E-state index contributed by atoms with van der Waals surface area (Å²) in [5, 5.41) is 3.17. The molecule has 1 N–H and O–H groups in total. The van der Waals surface area contributed by atoms with Gasteiger partial charge < -0.3 is 19.5 Å². The molecule has 0 aliphatic rings. The fraction of sp³-hybridized carbons (Fsp3) is 0.294. The van der Waals surface area contributed by atoms with Crippen LogP contribution in [-0.2, 0) is 4.74 Å². The molecule has 2 aromatic rings. The van der Waals surface area contributed by atoms with Gasteiger partial charge in [0.1, 0.15) is 6.10 Å². The van der Waals surface area contributed by atoms with Gasteiger partial charge in [0.2, 0.25) is 0 Å². The van der Waals surface area contributed by atoms with E-state index in [1.54, 1.807) is 25.3 Å². The number of benzene rings is 1. The molecule has 0 saturated heterocycles. The smallest absolute Gasteiger partial charge is 0.255 e. The lowest BCUT2D eigenvalue weighted by Crippen LogP contribution is -2.19. The van der Waals surface area contributed by atoms with E-state index in [0.29, 0.717) is 29.4 Å². The first-order chi connectivity index (χ1) is 12.0. The van der Waals surface area contributed by atoms with Gasteiger partial charge in [-0.25, -0.2) is 0 Å². The van der Waals surface area contributed by atoms with Crippen LogP contribution in [0.15, 0.2) is 30.6 Å². The van der Waals surface area contributed by atoms with Crippen LogP contribution in [0.25, 0.3) is 0 Å². The van der Waals surface area contributed by atoms with E-state index in [2.05, 4.69) is 10.3 Å². The van der Waals surface area contributed by atoms with Crippen LogP contribution in [0.2, 0.25) is 10.0 Å². The highest BCUT2D eigenvalue weighted by molar-refractivity contribution is 6.39. The van der Waals surface area contributed by atoms with E-state index in [-0.39, 0.29) is 22.1 Å². The summed E-state index contributed by atoms with van der Waals surface area (Å²) in [5.41, 5.74) is 0.665. The number of hydrogen-bond acceptors (Lipinski definition) is 5. The number of ether oxygens (including phenoxy) is 3. The Balaban J connectivity index is 2.25. The summed E-state index contributed by atoms with van der Waals surface area (Å²) in [6, 6.07) is 4.86. The van der Waals surface area contributed by atoms with Crippen molar-refractivity contribution < 1.29 is 19.0 Å². The molecule has 6 nitrogen and oxygen atoms in total. The van der Waals surface area contributed by atoms with Gasteiger partial charge in [-0.1, -0.05) is 23.2 Å². The van der Waals surface area contributed by atoms with E-state index < -0.39 is 0 Å². The van der Waals surface area contributed by atoms with Crippen molar-refractivity contribution in [2.45, 2.75) is 13.0 Å². The fourth-order valence-corrected chi connectivity index (χ4v) is 2.57. The molecule has 0 bridgehead atoms. The van der Waals surface area contributed by atoms with Crippen molar-refractivity contribution in [3.05, 3.63) is 46.2 Å². The normalized spacial score (nSPS) is 11.7. The Hall–Kier alpha value is -2.02. The molecule has 8 heteroatoms. The second-order valence-electron chi connectivity index (χ2n) is 5.18. The van der Waals surface area contributed by atoms with Crippen LogP contribution >= 0.6 is 23.2 Å². The first-order valence-corrected chi connectivity index (χ1v) is 8.15. The van der Waals surface area contributed by atoms with E-state index in [4.69, 9.17) is 37.4 Å². The molecule has 25 heavy (non-hydrogen) atoms. The zero-order chi connectivity index (χ0) is 18.4. The quantitative estimate of drug-likeness (QED) is 0.778. The Morgan fingerprint density at radius 3 is 2.48 bits per heavy atom. The minimum absolute atomic E-state index is 0.207. The monoisotopic (exact) mass is 384 g/mol. The van der Waals surface area contributed by atoms with E-state index >= 15 is 0 Å². The van der Waals surface area contributed by atoms with E-state index in [1.165, 1.54) is 19.5 Å². The Bertz CT molecular complexity index is 735. The summed E-state index contributed by atoms with van der Waals surface area (Å²) < 4.78 is 16.1. The van der Waals surface area contributed by atoms with Crippen LogP contribution in [-0.4, -0.2) is 37.8 Å². The maximum atomic E-state index is 12.5. The second-order valence-corrected chi connectivity index (χ2v) is 6.00. The lowest BCUT2D eigenvalue weighted by Gasteiger charge is -2.17. The highest BCUT2D eigenvalue weighted by atomic mass is 35.5. The number of nitrogens with zero attached hydrogens (tertiary/aromatic N) is 1. The van der Waals surface area contributed by atoms with Gasteiger partial charge in [0.15, 0.2) is 11.5 Å². The van der Waals surface area contributed by atoms with Crippen molar-refractivity contribution in [3.63, 3.8) is 0 Å². The third-order valence-electron chi connectivity index (χ3n) is 3.25. The fourth-order valence-electron chi connectivity index (χ4n) is 2.11. The summed E-state index contributed by atoms with van der Waals surface area (Å²) in [6.45, 7) is 2.26. The third-order valence-corrected chi connectivity index (χ3v) is 3.82. The number of nitrogens with one attached hydrogen (secondary N) is 1. The molecule has 0 aliphatic carbocycles. The molecule has 0 spiro atoms. The maximum Gasteiger partial charge on any atom is 0.255 e. The van der Waals surface area contributed by atoms with E-state index in [0.717, 1.165) is 0 Å². The lowest BCUT2D eigenvalue weighted by molar-refractivity contribution is 0.0896. The highest BCUT2D eigenvalue weighted by Gasteiger charge is 2.16. The van der Waals surface area contributed by atoms with Crippen LogP contribution in [0.4, 0.5) is 5.69 Å². The first kappa shape index (κ1) is 19.3. The summed E-state index contributed by atoms with van der Waals surface area (Å²) in [4.78, 5) is 16.4. The molecule has 0 saturated carbocycles. The summed E-state index contributed by atoms with van der Waals surface area (Å²) >= 11 is 12.0. The Labute approximate surface area is 156 Å². The molecule has 1 amide bonds. The number of halogens is 2. The van der Waals surface area contributed by atoms with Gasteiger partial charge >= 0.3 is 0 Å². The van der Waals surface area contributed by atoms with Gasteiger partial charge in [-0.15, -0.1) is 0 Å². The Morgan fingerprint density at radius 2 is 1.88 bits per heavy atom. The number of hydrogen-bond donors (Lipinski definition) is 1. The minimum atomic E-state index is -0.387. The molecule has 0 fully saturated rings. The van der Waals surface area contributed by atoms with Crippen molar-refractivity contribution in [2.75, 3.05) is 26.1 Å². The third kappa shape index (κ3) is 4.98. The van der Waals surface area contributed by atoms with Gasteiger partial charge in [-0.2, -0.15) is 0 Å². The molecule has 0 radical (unpaired) electrons. The molecule has 1 unspecified atom stereocenters. The highest BCUT2D eigenvalue weighted by Crippen LogP contribution is 2.31. The summed E-state index contributed by atoms with van der Waals surface area (Å²) in [5.74, 6) is 0.563. The average Bonchev–Trinajstić information content (AvgIpc) is 2.58. The number of carbonyl (C=O) groups is 1. The van der Waals surface area contributed by atoms with Gasteiger partial charge in [0, 0.05) is 25.1 Å². The predicted molar refractivity (Wildman–Crippen MR) is 97.2 cm³/mol. The lowest BCUT2D eigenvalue weighted by atomic mass is 10.2. The number of methoxy groups -OCH3 is 2. The number of aromatic nitrogens is 1. The van der Waals surface area contributed by atoms with Crippen molar-refractivity contribution in [1.82, 2.24) is 4.98 Å². The average molecular weight is 385 g/mol. The zero-order valence-electron chi connectivity index (χ0n) is 14.0. The van der Waals surface area contributed by atoms with Crippen LogP contribution in [0.5, 0.6) is 11.5 Å². The SMILES string of the molecule is COCC(C)Oc1cc(C(=O)Nc2c(Cl)cncc2Cl)ccc1OC. The van der Waals surface area contributed by atoms with Crippen LogP contribution in [0, 0.1) is 0 Å². The van der Waals surface area contributed by atoms with Gasteiger partial charge in [0.25, 0.3) is 5.91 Å².